The van der Waals surface area contributed by atoms with E-state index >= 15 is 0 Å². The molecular formula is C14H17ClF2N2OS2. The van der Waals surface area contributed by atoms with E-state index in [1.165, 1.54) is 0 Å². The largest absolute Gasteiger partial charge is 0.325 e. The number of alkyl halides is 2. The summed E-state index contributed by atoms with van der Waals surface area (Å²) in [6.07, 6.45) is -2.06. The van der Waals surface area contributed by atoms with Gasteiger partial charge >= 0.3 is 0 Å². The Kier molecular flexibility index (Phi) is 7.27. The summed E-state index contributed by atoms with van der Waals surface area (Å²) >= 11 is 8.83. The number of anilines is 1. The van der Waals surface area contributed by atoms with Crippen LogP contribution in [0.25, 0.3) is 0 Å². The Morgan fingerprint density at radius 2 is 2.36 bits per heavy atom. The molecule has 1 aliphatic rings. The quantitative estimate of drug-likeness (QED) is 0.753. The minimum atomic E-state index is -2.42. The van der Waals surface area contributed by atoms with Gasteiger partial charge in [0, 0.05) is 35.4 Å². The smallest absolute Gasteiger partial charge is 0.247 e. The van der Waals surface area contributed by atoms with Gasteiger partial charge in [0.25, 0.3) is 0 Å². The van der Waals surface area contributed by atoms with E-state index in [9.17, 15) is 13.6 Å². The Morgan fingerprint density at radius 3 is 3.05 bits per heavy atom. The Labute approximate surface area is 141 Å². The highest BCUT2D eigenvalue weighted by molar-refractivity contribution is 7.99. The predicted molar refractivity (Wildman–Crippen MR) is 90.5 cm³/mol. The fourth-order valence-corrected chi connectivity index (χ4v) is 4.14. The molecule has 1 atom stereocenters. The van der Waals surface area contributed by atoms with Gasteiger partial charge in [-0.25, -0.2) is 8.78 Å². The molecule has 1 aliphatic heterocycles. The molecule has 0 aromatic heterocycles. The van der Waals surface area contributed by atoms with Gasteiger partial charge < -0.3 is 10.6 Å². The van der Waals surface area contributed by atoms with Gasteiger partial charge in [0.15, 0.2) is 0 Å². The summed E-state index contributed by atoms with van der Waals surface area (Å²) in [5, 5.41) is 6.44. The summed E-state index contributed by atoms with van der Waals surface area (Å²) in [6.45, 7) is 0.898. The lowest BCUT2D eigenvalue weighted by Gasteiger charge is -2.22. The standard InChI is InChI=1S/C14H17ClF2N2OS2/c15-10-2-1-3-11(14(10)22-8-12(16)17)19-13(20)6-9-7-21-5-4-18-9/h1-3,9,12,18H,4-8H2,(H,19,20). The molecule has 1 unspecified atom stereocenters. The minimum Gasteiger partial charge on any atom is -0.325 e. The second kappa shape index (κ2) is 8.96. The first-order valence-electron chi connectivity index (χ1n) is 6.86. The molecule has 1 amide bonds. The fourth-order valence-electron chi connectivity index (χ4n) is 2.08. The van der Waals surface area contributed by atoms with Crippen LogP contribution in [-0.4, -0.2) is 42.2 Å². The lowest BCUT2D eigenvalue weighted by Crippen LogP contribution is -2.39. The van der Waals surface area contributed by atoms with Crippen molar-refractivity contribution in [3.05, 3.63) is 23.2 Å². The SMILES string of the molecule is O=C(CC1CSCCN1)Nc1cccc(Cl)c1SCC(F)F. The maximum atomic E-state index is 12.4. The summed E-state index contributed by atoms with van der Waals surface area (Å²) < 4.78 is 24.8. The van der Waals surface area contributed by atoms with E-state index in [0.717, 1.165) is 29.8 Å². The van der Waals surface area contributed by atoms with Gasteiger partial charge in [-0.2, -0.15) is 11.8 Å². The predicted octanol–water partition coefficient (Wildman–Crippen LogP) is 3.73. The lowest BCUT2D eigenvalue weighted by atomic mass is 10.2. The molecule has 2 rings (SSSR count). The second-order valence-corrected chi connectivity index (χ2v) is 7.38. The van der Waals surface area contributed by atoms with Crippen LogP contribution in [0.5, 0.6) is 0 Å². The first-order chi connectivity index (χ1) is 10.6. The third-order valence-corrected chi connectivity index (χ3v) is 5.73. The van der Waals surface area contributed by atoms with Crippen molar-refractivity contribution in [2.75, 3.05) is 29.1 Å². The number of thioether (sulfide) groups is 2. The summed E-state index contributed by atoms with van der Waals surface area (Å²) in [5.74, 6) is 1.46. The molecule has 1 fully saturated rings. The van der Waals surface area contributed by atoms with Gasteiger partial charge in [-0.3, -0.25) is 4.79 Å². The summed E-state index contributed by atoms with van der Waals surface area (Å²) in [4.78, 5) is 12.6. The molecule has 1 aromatic rings. The van der Waals surface area contributed by atoms with Gasteiger partial charge in [0.1, 0.15) is 0 Å². The number of carbonyl (C=O) groups excluding carboxylic acids is 1. The molecule has 3 nitrogen and oxygen atoms in total. The van der Waals surface area contributed by atoms with Gasteiger partial charge in [-0.1, -0.05) is 17.7 Å². The molecule has 0 aliphatic carbocycles. The van der Waals surface area contributed by atoms with Gasteiger partial charge in [0.05, 0.1) is 16.5 Å². The van der Waals surface area contributed by atoms with Crippen LogP contribution in [0.2, 0.25) is 5.02 Å². The molecule has 0 spiro atoms. The molecule has 0 saturated carbocycles. The number of halogens is 3. The first-order valence-corrected chi connectivity index (χ1v) is 9.38. The molecule has 122 valence electrons. The zero-order chi connectivity index (χ0) is 15.9. The van der Waals surface area contributed by atoms with E-state index in [0.29, 0.717) is 22.0 Å². The molecule has 8 heteroatoms. The fraction of sp³-hybridized carbons (Fsp3) is 0.500. The van der Waals surface area contributed by atoms with Crippen molar-refractivity contribution in [2.45, 2.75) is 23.8 Å². The van der Waals surface area contributed by atoms with Crippen molar-refractivity contribution in [1.82, 2.24) is 5.32 Å². The Hall–Kier alpha value is -0.500. The maximum Gasteiger partial charge on any atom is 0.247 e. The summed E-state index contributed by atoms with van der Waals surface area (Å²) in [6, 6.07) is 5.15. The van der Waals surface area contributed by atoms with E-state index in [2.05, 4.69) is 10.6 Å². The van der Waals surface area contributed by atoms with Crippen molar-refractivity contribution in [2.24, 2.45) is 0 Å². The maximum absolute atomic E-state index is 12.4. The van der Waals surface area contributed by atoms with Crippen molar-refractivity contribution in [3.8, 4) is 0 Å². The van der Waals surface area contributed by atoms with Gasteiger partial charge in [-0.05, 0) is 12.1 Å². The minimum absolute atomic E-state index is 0.138. The van der Waals surface area contributed by atoms with Gasteiger partial charge in [-0.15, -0.1) is 11.8 Å². The molecule has 1 saturated heterocycles. The van der Waals surface area contributed by atoms with Crippen LogP contribution in [0.1, 0.15) is 6.42 Å². The second-order valence-electron chi connectivity index (χ2n) is 4.80. The van der Waals surface area contributed by atoms with Crippen molar-refractivity contribution < 1.29 is 13.6 Å². The van der Waals surface area contributed by atoms with E-state index in [1.807, 2.05) is 11.8 Å². The first kappa shape index (κ1) is 17.8. The van der Waals surface area contributed by atoms with Crippen LogP contribution < -0.4 is 10.6 Å². The van der Waals surface area contributed by atoms with Crippen LogP contribution >= 0.6 is 35.1 Å². The highest BCUT2D eigenvalue weighted by atomic mass is 35.5. The van der Waals surface area contributed by atoms with Crippen molar-refractivity contribution in [1.29, 1.82) is 0 Å². The third-order valence-electron chi connectivity index (χ3n) is 3.02. The van der Waals surface area contributed by atoms with Crippen LogP contribution in [-0.2, 0) is 4.79 Å². The Bertz CT molecular complexity index is 514. The normalized spacial score (nSPS) is 18.5. The molecule has 0 radical (unpaired) electrons. The summed E-state index contributed by atoms with van der Waals surface area (Å²) in [5.41, 5.74) is 0.492. The van der Waals surface area contributed by atoms with Crippen LogP contribution in [0.15, 0.2) is 23.1 Å². The molecule has 2 N–H and O–H groups in total. The number of benzene rings is 1. The number of carbonyl (C=O) groups is 1. The molecular weight excluding hydrogens is 350 g/mol. The van der Waals surface area contributed by atoms with Gasteiger partial charge in [0.2, 0.25) is 12.3 Å². The highest BCUT2D eigenvalue weighted by Gasteiger charge is 2.18. The molecule has 22 heavy (non-hydrogen) atoms. The van der Waals surface area contributed by atoms with Crippen LogP contribution in [0.4, 0.5) is 14.5 Å². The molecule has 1 aromatic carbocycles. The van der Waals surface area contributed by atoms with E-state index in [1.54, 1.807) is 18.2 Å². The van der Waals surface area contributed by atoms with E-state index in [-0.39, 0.29) is 17.7 Å². The monoisotopic (exact) mass is 366 g/mol. The van der Waals surface area contributed by atoms with Crippen molar-refractivity contribution >= 4 is 46.7 Å². The van der Waals surface area contributed by atoms with E-state index < -0.39 is 6.43 Å². The van der Waals surface area contributed by atoms with Crippen LogP contribution in [0.3, 0.4) is 0 Å². The highest BCUT2D eigenvalue weighted by Crippen LogP contribution is 2.35. The molecule has 1 heterocycles. The number of amides is 1. The Balaban J connectivity index is 1.98. The van der Waals surface area contributed by atoms with Crippen molar-refractivity contribution in [3.63, 3.8) is 0 Å². The summed E-state index contributed by atoms with van der Waals surface area (Å²) in [7, 11) is 0. The average molecular weight is 367 g/mol. The van der Waals surface area contributed by atoms with Crippen LogP contribution in [0, 0.1) is 0 Å². The number of hydrogen-bond acceptors (Lipinski definition) is 4. The Morgan fingerprint density at radius 1 is 1.55 bits per heavy atom. The zero-order valence-corrected chi connectivity index (χ0v) is 14.2. The number of nitrogens with one attached hydrogen (secondary N) is 2. The number of hydrogen-bond donors (Lipinski definition) is 2. The average Bonchev–Trinajstić information content (AvgIpc) is 2.47. The lowest BCUT2D eigenvalue weighted by molar-refractivity contribution is -0.116. The number of rotatable bonds is 6. The zero-order valence-electron chi connectivity index (χ0n) is 11.8. The topological polar surface area (TPSA) is 41.1 Å². The van der Waals surface area contributed by atoms with E-state index in [4.69, 9.17) is 11.6 Å². The molecule has 0 bridgehead atoms. The third kappa shape index (κ3) is 5.61.